The third-order valence-electron chi connectivity index (χ3n) is 2.98. The van der Waals surface area contributed by atoms with E-state index in [4.69, 9.17) is 10.2 Å². The second-order valence-electron chi connectivity index (χ2n) is 4.50. The molecule has 0 spiro atoms. The lowest BCUT2D eigenvalue weighted by molar-refractivity contribution is 0.0947. The standard InChI is InChI=1S/C13H24N4O2/c1-4-17(5-2)8-6-7-15-12(18)11-9-19-13(16-11)10(3)14/h9-10H,4-8,14H2,1-3H3,(H,15,18). The lowest BCUT2D eigenvalue weighted by Crippen LogP contribution is -2.30. The number of hydrogen-bond donors (Lipinski definition) is 2. The van der Waals surface area contributed by atoms with Gasteiger partial charge in [-0.2, -0.15) is 0 Å². The van der Waals surface area contributed by atoms with Crippen molar-refractivity contribution in [2.75, 3.05) is 26.2 Å². The predicted octanol–water partition coefficient (Wildman–Crippen LogP) is 1.16. The van der Waals surface area contributed by atoms with E-state index in [-0.39, 0.29) is 17.6 Å². The molecule has 6 nitrogen and oxygen atoms in total. The summed E-state index contributed by atoms with van der Waals surface area (Å²) < 4.78 is 5.12. The first-order valence-corrected chi connectivity index (χ1v) is 6.80. The van der Waals surface area contributed by atoms with Gasteiger partial charge in [-0.3, -0.25) is 4.79 Å². The zero-order valence-electron chi connectivity index (χ0n) is 12.0. The molecule has 1 atom stereocenters. The third kappa shape index (κ3) is 5.00. The van der Waals surface area contributed by atoms with E-state index >= 15 is 0 Å². The molecule has 0 aliphatic rings. The molecule has 1 unspecified atom stereocenters. The molecule has 0 bridgehead atoms. The molecule has 1 aromatic heterocycles. The highest BCUT2D eigenvalue weighted by atomic mass is 16.3. The summed E-state index contributed by atoms with van der Waals surface area (Å²) in [6, 6.07) is -0.302. The minimum absolute atomic E-state index is 0.213. The average Bonchev–Trinajstić information content (AvgIpc) is 2.88. The van der Waals surface area contributed by atoms with Crippen molar-refractivity contribution < 1.29 is 9.21 Å². The van der Waals surface area contributed by atoms with Crippen LogP contribution in [0.4, 0.5) is 0 Å². The zero-order valence-corrected chi connectivity index (χ0v) is 12.0. The van der Waals surface area contributed by atoms with Gasteiger partial charge in [0.1, 0.15) is 6.26 Å². The first kappa shape index (κ1) is 15.7. The van der Waals surface area contributed by atoms with Gasteiger partial charge in [0, 0.05) is 6.54 Å². The first-order chi connectivity index (χ1) is 9.08. The van der Waals surface area contributed by atoms with Gasteiger partial charge in [-0.05, 0) is 33.0 Å². The van der Waals surface area contributed by atoms with Gasteiger partial charge in [-0.25, -0.2) is 4.98 Å². The smallest absolute Gasteiger partial charge is 0.273 e. The molecule has 0 aliphatic carbocycles. The molecule has 6 heteroatoms. The fourth-order valence-corrected chi connectivity index (χ4v) is 1.74. The third-order valence-corrected chi connectivity index (χ3v) is 2.98. The Kier molecular flexibility index (Phi) is 6.52. The van der Waals surface area contributed by atoms with Gasteiger partial charge in [0.15, 0.2) is 5.69 Å². The highest BCUT2D eigenvalue weighted by Crippen LogP contribution is 2.08. The fourth-order valence-electron chi connectivity index (χ4n) is 1.74. The van der Waals surface area contributed by atoms with Gasteiger partial charge in [0.25, 0.3) is 5.91 Å². The van der Waals surface area contributed by atoms with Crippen molar-refractivity contribution in [2.24, 2.45) is 5.73 Å². The number of aromatic nitrogens is 1. The van der Waals surface area contributed by atoms with E-state index in [1.807, 2.05) is 0 Å². The molecule has 0 fully saturated rings. The van der Waals surface area contributed by atoms with Crippen LogP contribution in [0.2, 0.25) is 0 Å². The summed E-state index contributed by atoms with van der Waals surface area (Å²) in [4.78, 5) is 18.1. The lowest BCUT2D eigenvalue weighted by Gasteiger charge is -2.17. The van der Waals surface area contributed by atoms with Crippen LogP contribution in [0.1, 0.15) is 49.6 Å². The summed E-state index contributed by atoms with van der Waals surface area (Å²) in [5.41, 5.74) is 5.91. The Labute approximate surface area is 114 Å². The Bertz CT molecular complexity index is 386. The SMILES string of the molecule is CCN(CC)CCCNC(=O)c1coc(C(C)N)n1. The minimum Gasteiger partial charge on any atom is -0.446 e. The number of hydrogen-bond acceptors (Lipinski definition) is 5. The normalized spacial score (nSPS) is 12.7. The summed E-state index contributed by atoms with van der Waals surface area (Å²) >= 11 is 0. The Morgan fingerprint density at radius 1 is 1.53 bits per heavy atom. The molecule has 0 aromatic carbocycles. The number of oxazole rings is 1. The fraction of sp³-hybridized carbons (Fsp3) is 0.692. The van der Waals surface area contributed by atoms with E-state index < -0.39 is 0 Å². The van der Waals surface area contributed by atoms with Crippen LogP contribution >= 0.6 is 0 Å². The first-order valence-electron chi connectivity index (χ1n) is 6.80. The van der Waals surface area contributed by atoms with Crippen molar-refractivity contribution in [3.8, 4) is 0 Å². The van der Waals surface area contributed by atoms with E-state index in [0.717, 1.165) is 26.1 Å². The molecular formula is C13H24N4O2. The van der Waals surface area contributed by atoms with Crippen molar-refractivity contribution in [1.82, 2.24) is 15.2 Å². The van der Waals surface area contributed by atoms with E-state index in [0.29, 0.717) is 12.4 Å². The van der Waals surface area contributed by atoms with Crippen LogP contribution in [-0.4, -0.2) is 42.0 Å². The van der Waals surface area contributed by atoms with E-state index in [9.17, 15) is 4.79 Å². The van der Waals surface area contributed by atoms with Gasteiger partial charge in [0.05, 0.1) is 6.04 Å². The van der Waals surface area contributed by atoms with Gasteiger partial charge in [-0.15, -0.1) is 0 Å². The molecule has 19 heavy (non-hydrogen) atoms. The molecule has 1 aromatic rings. The molecule has 108 valence electrons. The molecule has 1 heterocycles. The Morgan fingerprint density at radius 3 is 2.74 bits per heavy atom. The molecule has 0 aliphatic heterocycles. The maximum absolute atomic E-state index is 11.8. The Hall–Kier alpha value is -1.40. The molecule has 0 saturated heterocycles. The molecule has 1 rings (SSSR count). The molecular weight excluding hydrogens is 244 g/mol. The number of amides is 1. The number of carbonyl (C=O) groups is 1. The number of nitrogens with one attached hydrogen (secondary N) is 1. The number of carbonyl (C=O) groups excluding carboxylic acids is 1. The summed E-state index contributed by atoms with van der Waals surface area (Å²) in [6.07, 6.45) is 2.27. The number of nitrogens with two attached hydrogens (primary N) is 1. The van der Waals surface area contributed by atoms with Gasteiger partial charge in [-0.1, -0.05) is 13.8 Å². The van der Waals surface area contributed by atoms with Gasteiger partial charge >= 0.3 is 0 Å². The van der Waals surface area contributed by atoms with E-state index in [1.165, 1.54) is 6.26 Å². The average molecular weight is 268 g/mol. The number of nitrogens with zero attached hydrogens (tertiary/aromatic N) is 2. The summed E-state index contributed by atoms with van der Waals surface area (Å²) in [5.74, 6) is 0.170. The molecule has 1 amide bonds. The molecule has 0 saturated carbocycles. The van der Waals surface area contributed by atoms with Crippen LogP contribution in [0.3, 0.4) is 0 Å². The maximum atomic E-state index is 11.8. The molecule has 3 N–H and O–H groups in total. The van der Waals surface area contributed by atoms with Crippen LogP contribution in [0.5, 0.6) is 0 Å². The maximum Gasteiger partial charge on any atom is 0.273 e. The topological polar surface area (TPSA) is 84.4 Å². The quantitative estimate of drug-likeness (QED) is 0.691. The summed E-state index contributed by atoms with van der Waals surface area (Å²) in [5, 5.41) is 2.83. The second-order valence-corrected chi connectivity index (χ2v) is 4.50. The largest absolute Gasteiger partial charge is 0.446 e. The van der Waals surface area contributed by atoms with Crippen molar-refractivity contribution >= 4 is 5.91 Å². The van der Waals surface area contributed by atoms with Crippen molar-refractivity contribution in [1.29, 1.82) is 0 Å². The van der Waals surface area contributed by atoms with E-state index in [2.05, 4.69) is 29.0 Å². The Balaban J connectivity index is 2.31. The predicted molar refractivity (Wildman–Crippen MR) is 73.8 cm³/mol. The minimum atomic E-state index is -0.302. The van der Waals surface area contributed by atoms with E-state index in [1.54, 1.807) is 6.92 Å². The number of rotatable bonds is 8. The highest BCUT2D eigenvalue weighted by molar-refractivity contribution is 5.91. The second kappa shape index (κ2) is 7.91. The van der Waals surface area contributed by atoms with Gasteiger partial charge in [0.2, 0.25) is 5.89 Å². The van der Waals surface area contributed by atoms with Crippen LogP contribution in [0.25, 0.3) is 0 Å². The Morgan fingerprint density at radius 2 is 2.21 bits per heavy atom. The van der Waals surface area contributed by atoms with Crippen molar-refractivity contribution in [3.63, 3.8) is 0 Å². The van der Waals surface area contributed by atoms with Crippen LogP contribution in [0, 0.1) is 0 Å². The van der Waals surface area contributed by atoms with Crippen LogP contribution < -0.4 is 11.1 Å². The van der Waals surface area contributed by atoms with Crippen molar-refractivity contribution in [3.05, 3.63) is 17.8 Å². The van der Waals surface area contributed by atoms with Crippen LogP contribution in [-0.2, 0) is 0 Å². The highest BCUT2D eigenvalue weighted by Gasteiger charge is 2.13. The van der Waals surface area contributed by atoms with Crippen LogP contribution in [0.15, 0.2) is 10.7 Å². The molecule has 0 radical (unpaired) electrons. The zero-order chi connectivity index (χ0) is 14.3. The van der Waals surface area contributed by atoms with Crippen molar-refractivity contribution in [2.45, 2.75) is 33.2 Å². The summed E-state index contributed by atoms with van der Waals surface area (Å²) in [7, 11) is 0. The lowest BCUT2D eigenvalue weighted by atomic mass is 10.3. The summed E-state index contributed by atoms with van der Waals surface area (Å²) in [6.45, 7) is 9.71. The van der Waals surface area contributed by atoms with Gasteiger partial charge < -0.3 is 20.4 Å². The monoisotopic (exact) mass is 268 g/mol.